The summed E-state index contributed by atoms with van der Waals surface area (Å²) in [5.41, 5.74) is 0. The molecule has 0 saturated carbocycles. The monoisotopic (exact) mass is 241 g/mol. The van der Waals surface area contributed by atoms with Gasteiger partial charge in [-0.2, -0.15) is 0 Å². The van der Waals surface area contributed by atoms with Gasteiger partial charge in [-0.3, -0.25) is 9.52 Å². The molecule has 0 aliphatic heterocycles. The van der Waals surface area contributed by atoms with Crippen molar-refractivity contribution < 1.29 is 18.0 Å². The Morgan fingerprint density at radius 2 is 1.79 bits per heavy atom. The first-order valence-corrected chi connectivity index (χ1v) is 4.47. The van der Waals surface area contributed by atoms with Crippen LogP contribution in [0.25, 0.3) is 0 Å². The fraction of sp³-hybridized carbons (Fsp3) is 0. The van der Waals surface area contributed by atoms with E-state index in [1.54, 1.807) is 0 Å². The predicted molar refractivity (Wildman–Crippen MR) is 46.6 cm³/mol. The van der Waals surface area contributed by atoms with Crippen molar-refractivity contribution in [2.45, 2.75) is 4.90 Å². The van der Waals surface area contributed by atoms with Gasteiger partial charge in [-0.1, -0.05) is 0 Å². The molecule has 0 radical (unpaired) electrons. The Morgan fingerprint density at radius 1 is 1.21 bits per heavy atom. The Morgan fingerprint density at radius 3 is 2.36 bits per heavy atom. The Balaban J connectivity index is 2.87. The molecule has 0 fully saturated rings. The third-order valence-corrected chi connectivity index (χ3v) is 2.24. The zero-order chi connectivity index (χ0) is 10.7. The first-order valence-electron chi connectivity index (χ1n) is 3.27. The highest BCUT2D eigenvalue weighted by molar-refractivity contribution is 7.98. The Hall–Kier alpha value is -0.880. The highest BCUT2D eigenvalue weighted by atomic mass is 35.5. The molecule has 0 aliphatic carbocycles. The second-order valence-electron chi connectivity index (χ2n) is 2.17. The molecule has 0 atom stereocenters. The molecule has 0 aliphatic rings. The molecule has 0 spiro atoms. The normalized spacial score (nSPS) is 10.0. The van der Waals surface area contributed by atoms with Gasteiger partial charge in [-0.15, -0.1) is 0 Å². The second-order valence-corrected chi connectivity index (χ2v) is 3.37. The number of carbonyl (C=O) groups excluding carboxylic acids is 1. The summed E-state index contributed by atoms with van der Waals surface area (Å²) < 4.78 is 39.8. The molecule has 0 unspecified atom stereocenters. The summed E-state index contributed by atoms with van der Waals surface area (Å²) in [5.74, 6) is -3.46. The summed E-state index contributed by atoms with van der Waals surface area (Å²) in [7, 11) is 0. The first-order chi connectivity index (χ1) is 6.50. The number of hydrogen-bond donors (Lipinski definition) is 1. The van der Waals surface area contributed by atoms with Gasteiger partial charge >= 0.3 is 5.37 Å². The van der Waals surface area contributed by atoms with Crippen LogP contribution in [-0.2, 0) is 0 Å². The molecule has 1 amide bonds. The Labute approximate surface area is 86.6 Å². The van der Waals surface area contributed by atoms with Crippen LogP contribution >= 0.6 is 23.5 Å². The fourth-order valence-corrected chi connectivity index (χ4v) is 1.30. The molecule has 0 heterocycles. The molecule has 14 heavy (non-hydrogen) atoms. The number of halogens is 4. The Bertz CT molecular complexity index is 374. The molecule has 1 aromatic carbocycles. The van der Waals surface area contributed by atoms with Gasteiger partial charge in [0, 0.05) is 6.07 Å². The lowest BCUT2D eigenvalue weighted by Gasteiger charge is -2.02. The summed E-state index contributed by atoms with van der Waals surface area (Å²) in [4.78, 5) is 9.97. The number of benzene rings is 1. The van der Waals surface area contributed by atoms with E-state index in [1.807, 2.05) is 4.72 Å². The summed E-state index contributed by atoms with van der Waals surface area (Å²) in [6.45, 7) is 0. The Kier molecular flexibility index (Phi) is 3.65. The zero-order valence-electron chi connectivity index (χ0n) is 6.48. The minimum Gasteiger partial charge on any atom is -0.282 e. The van der Waals surface area contributed by atoms with Crippen molar-refractivity contribution in [1.29, 1.82) is 0 Å². The standard InChI is InChI=1S/C7H3ClF3NOS/c8-7(13)12-14-6-2-4(10)3(9)1-5(6)11/h1-2H,(H,12,13). The van der Waals surface area contributed by atoms with Crippen LogP contribution in [0.5, 0.6) is 0 Å². The predicted octanol–water partition coefficient (Wildman–Crippen LogP) is 3.06. The van der Waals surface area contributed by atoms with E-state index in [0.717, 1.165) is 0 Å². The van der Waals surface area contributed by atoms with E-state index in [2.05, 4.69) is 0 Å². The molecule has 2 nitrogen and oxygen atoms in total. The van der Waals surface area contributed by atoms with Crippen LogP contribution in [0.4, 0.5) is 18.0 Å². The molecule has 1 rings (SSSR count). The minimum atomic E-state index is -1.29. The van der Waals surface area contributed by atoms with Gasteiger partial charge in [0.25, 0.3) is 0 Å². The largest absolute Gasteiger partial charge is 0.323 e. The minimum absolute atomic E-state index is 0.252. The van der Waals surface area contributed by atoms with Gasteiger partial charge in [0.15, 0.2) is 11.6 Å². The van der Waals surface area contributed by atoms with Crippen LogP contribution in [0.15, 0.2) is 17.0 Å². The fourth-order valence-electron chi connectivity index (χ4n) is 0.678. The lowest BCUT2D eigenvalue weighted by molar-refractivity contribution is 0.264. The molecule has 0 bridgehead atoms. The third-order valence-electron chi connectivity index (χ3n) is 1.22. The van der Waals surface area contributed by atoms with Crippen molar-refractivity contribution in [2.75, 3.05) is 0 Å². The summed E-state index contributed by atoms with van der Waals surface area (Å²) in [6.07, 6.45) is 0. The van der Waals surface area contributed by atoms with Crippen LogP contribution < -0.4 is 4.72 Å². The molecule has 0 saturated heterocycles. The van der Waals surface area contributed by atoms with Crippen molar-refractivity contribution in [1.82, 2.24) is 4.72 Å². The van der Waals surface area contributed by atoms with Crippen LogP contribution in [-0.4, -0.2) is 5.37 Å². The van der Waals surface area contributed by atoms with Gasteiger partial charge < -0.3 is 0 Å². The number of amides is 1. The van der Waals surface area contributed by atoms with E-state index >= 15 is 0 Å². The number of carbonyl (C=O) groups is 1. The van der Waals surface area contributed by atoms with Crippen LogP contribution in [0.3, 0.4) is 0 Å². The van der Waals surface area contributed by atoms with Crippen LogP contribution in [0.1, 0.15) is 0 Å². The topological polar surface area (TPSA) is 29.1 Å². The van der Waals surface area contributed by atoms with Crippen molar-refractivity contribution in [3.63, 3.8) is 0 Å². The van der Waals surface area contributed by atoms with Gasteiger partial charge in [0.1, 0.15) is 5.82 Å². The van der Waals surface area contributed by atoms with Crippen molar-refractivity contribution in [3.8, 4) is 0 Å². The van der Waals surface area contributed by atoms with Gasteiger partial charge in [0.2, 0.25) is 0 Å². The van der Waals surface area contributed by atoms with E-state index < -0.39 is 22.8 Å². The molecule has 1 aromatic rings. The van der Waals surface area contributed by atoms with E-state index in [0.29, 0.717) is 24.1 Å². The van der Waals surface area contributed by atoms with Crippen LogP contribution in [0, 0.1) is 17.5 Å². The molecule has 1 N–H and O–H groups in total. The summed E-state index contributed by atoms with van der Waals surface area (Å²) >= 11 is 5.35. The molecule has 76 valence electrons. The molecular formula is C7H3ClF3NOS. The van der Waals surface area contributed by atoms with E-state index in [1.165, 1.54) is 0 Å². The molecule has 0 aromatic heterocycles. The maximum absolute atomic E-state index is 12.9. The van der Waals surface area contributed by atoms with Crippen molar-refractivity contribution in [3.05, 3.63) is 29.6 Å². The zero-order valence-corrected chi connectivity index (χ0v) is 8.06. The van der Waals surface area contributed by atoms with Crippen LogP contribution in [0.2, 0.25) is 0 Å². The van der Waals surface area contributed by atoms with E-state index in [9.17, 15) is 18.0 Å². The maximum atomic E-state index is 12.9. The summed E-state index contributed by atoms with van der Waals surface area (Å²) in [5, 5.41) is -0.931. The summed E-state index contributed by atoms with van der Waals surface area (Å²) in [6, 6.07) is 1.01. The average molecular weight is 242 g/mol. The smallest absolute Gasteiger partial charge is 0.282 e. The number of nitrogens with one attached hydrogen (secondary N) is 1. The molecule has 7 heteroatoms. The van der Waals surface area contributed by atoms with E-state index in [4.69, 9.17) is 11.6 Å². The van der Waals surface area contributed by atoms with Gasteiger partial charge in [-0.25, -0.2) is 13.2 Å². The highest BCUT2D eigenvalue weighted by Gasteiger charge is 2.10. The first kappa shape index (κ1) is 11.2. The SMILES string of the molecule is O=C(Cl)NSc1cc(F)c(F)cc1F. The van der Waals surface area contributed by atoms with Crippen molar-refractivity contribution >= 4 is 28.9 Å². The van der Waals surface area contributed by atoms with Gasteiger partial charge in [-0.05, 0) is 29.6 Å². The number of rotatable bonds is 2. The van der Waals surface area contributed by atoms with Gasteiger partial charge in [0.05, 0.1) is 4.90 Å². The second kappa shape index (κ2) is 4.56. The van der Waals surface area contributed by atoms with Crippen molar-refractivity contribution in [2.24, 2.45) is 0 Å². The average Bonchev–Trinajstić information content (AvgIpc) is 2.09. The lowest BCUT2D eigenvalue weighted by atomic mass is 10.3. The lowest BCUT2D eigenvalue weighted by Crippen LogP contribution is -2.06. The third kappa shape index (κ3) is 2.81. The van der Waals surface area contributed by atoms with E-state index in [-0.39, 0.29) is 4.90 Å². The number of hydrogen-bond acceptors (Lipinski definition) is 2. The quantitative estimate of drug-likeness (QED) is 0.373. The molecular weight excluding hydrogens is 239 g/mol. The highest BCUT2D eigenvalue weighted by Crippen LogP contribution is 2.22. The maximum Gasteiger partial charge on any atom is 0.323 e.